The molecule has 3 heterocycles. The first-order chi connectivity index (χ1) is 15.2. The Morgan fingerprint density at radius 3 is 2.39 bits per heavy atom. The maximum Gasteiger partial charge on any atom is 0.303 e. The average Bonchev–Trinajstić information content (AvgIpc) is 3.53. The minimum absolute atomic E-state index is 0.175. The van der Waals surface area contributed by atoms with Crippen LogP contribution in [-0.2, 0) is 4.79 Å². The van der Waals surface area contributed by atoms with Crippen LogP contribution in [0.25, 0.3) is 11.3 Å². The highest BCUT2D eigenvalue weighted by Crippen LogP contribution is 2.30. The van der Waals surface area contributed by atoms with Crippen molar-refractivity contribution in [2.75, 3.05) is 10.4 Å². The number of nitrogens with one attached hydrogen (secondary N) is 1. The molecule has 0 aliphatic carbocycles. The van der Waals surface area contributed by atoms with E-state index in [0.717, 1.165) is 16.8 Å². The van der Waals surface area contributed by atoms with Crippen LogP contribution in [0.15, 0.2) is 82.4 Å². The molecule has 2 aromatic heterocycles. The van der Waals surface area contributed by atoms with Gasteiger partial charge in [0.25, 0.3) is 0 Å². The molecule has 1 N–H and O–H groups in total. The molecule has 0 spiro atoms. The van der Waals surface area contributed by atoms with Gasteiger partial charge in [0.1, 0.15) is 10.0 Å². The Balaban J connectivity index is 1.51. The van der Waals surface area contributed by atoms with E-state index in [2.05, 4.69) is 25.6 Å². The second-order valence-corrected chi connectivity index (χ2v) is 8.85. The Morgan fingerprint density at radius 1 is 1.00 bits per heavy atom. The van der Waals surface area contributed by atoms with Gasteiger partial charge in [0.15, 0.2) is 5.71 Å². The highest BCUT2D eigenvalue weighted by Gasteiger charge is 2.35. The van der Waals surface area contributed by atoms with Gasteiger partial charge in [-0.2, -0.15) is 15.2 Å². The lowest BCUT2D eigenvalue weighted by Gasteiger charge is -2.06. The summed E-state index contributed by atoms with van der Waals surface area (Å²) in [6, 6.07) is 19.2. The Bertz CT molecular complexity index is 1300. The zero-order valence-electron chi connectivity index (χ0n) is 15.8. The number of hydrazone groups is 2. The van der Waals surface area contributed by atoms with Crippen molar-refractivity contribution in [1.82, 2.24) is 9.97 Å². The van der Waals surface area contributed by atoms with Gasteiger partial charge in [0, 0.05) is 16.5 Å². The first-order valence-corrected chi connectivity index (χ1v) is 11.2. The molecule has 0 bridgehead atoms. The summed E-state index contributed by atoms with van der Waals surface area (Å²) in [5, 5.41) is 13.0. The van der Waals surface area contributed by atoms with Crippen LogP contribution < -0.4 is 10.4 Å². The molecule has 7 nitrogen and oxygen atoms in total. The second-order valence-electron chi connectivity index (χ2n) is 6.35. The van der Waals surface area contributed by atoms with E-state index < -0.39 is 0 Å². The summed E-state index contributed by atoms with van der Waals surface area (Å²) < 4.78 is 0.523. The number of amides is 1. The number of benzene rings is 2. The smallest absolute Gasteiger partial charge is 0.265 e. The number of hydrogen-bond acceptors (Lipinski definition) is 8. The first-order valence-electron chi connectivity index (χ1n) is 9.14. The quantitative estimate of drug-likeness (QED) is 0.414. The maximum absolute atomic E-state index is 13.2. The number of thiazole rings is 2. The maximum atomic E-state index is 13.2. The van der Waals surface area contributed by atoms with E-state index in [0.29, 0.717) is 20.3 Å². The number of nitrogens with zero attached hydrogens (tertiary/aromatic N) is 5. The van der Waals surface area contributed by atoms with E-state index in [4.69, 9.17) is 11.6 Å². The van der Waals surface area contributed by atoms with Crippen LogP contribution in [0.2, 0.25) is 4.34 Å². The lowest BCUT2D eigenvalue weighted by molar-refractivity contribution is -0.112. The molecule has 5 rings (SSSR count). The second kappa shape index (κ2) is 8.38. The fraction of sp³-hybridized carbons (Fsp3) is 0. The van der Waals surface area contributed by atoms with Gasteiger partial charge in [-0.1, -0.05) is 83.6 Å². The predicted molar refractivity (Wildman–Crippen MR) is 126 cm³/mol. The van der Waals surface area contributed by atoms with Crippen molar-refractivity contribution in [1.29, 1.82) is 0 Å². The van der Waals surface area contributed by atoms with Gasteiger partial charge < -0.3 is 0 Å². The number of carbonyl (C=O) groups is 1. The van der Waals surface area contributed by atoms with Crippen molar-refractivity contribution in [3.8, 4) is 11.3 Å². The fourth-order valence-corrected chi connectivity index (χ4v) is 4.46. The molecule has 4 aromatic rings. The Kier molecular flexibility index (Phi) is 5.29. The van der Waals surface area contributed by atoms with E-state index >= 15 is 0 Å². The Labute approximate surface area is 190 Å². The summed E-state index contributed by atoms with van der Waals surface area (Å²) in [4.78, 5) is 21.9. The number of carbonyl (C=O) groups excluding carboxylic acids is 1. The van der Waals surface area contributed by atoms with Gasteiger partial charge in [0.05, 0.1) is 11.9 Å². The van der Waals surface area contributed by atoms with E-state index in [1.165, 1.54) is 33.9 Å². The summed E-state index contributed by atoms with van der Waals surface area (Å²) in [5.41, 5.74) is 5.97. The normalized spacial score (nSPS) is 14.9. The van der Waals surface area contributed by atoms with Gasteiger partial charge in [-0.25, -0.2) is 9.97 Å². The van der Waals surface area contributed by atoms with Crippen LogP contribution in [0, 0.1) is 0 Å². The number of aromatic nitrogens is 2. The number of halogens is 1. The highest BCUT2D eigenvalue weighted by molar-refractivity contribution is 7.19. The molecule has 31 heavy (non-hydrogen) atoms. The standard InChI is InChI=1S/C21H13ClN6OS2/c22-16-11-23-20(31-16)26-25-18-17(14-9-5-2-6-10-14)27-28(19(18)29)21-24-15(12-30-21)13-7-3-1-4-8-13/h1-12H,(H,23,26)/b25-18-. The van der Waals surface area contributed by atoms with Gasteiger partial charge in [0.2, 0.25) is 10.3 Å². The molecule has 0 unspecified atom stereocenters. The molecular formula is C21H13ClN6OS2. The summed E-state index contributed by atoms with van der Waals surface area (Å²) in [6.45, 7) is 0. The molecule has 1 aliphatic rings. The summed E-state index contributed by atoms with van der Waals surface area (Å²) in [7, 11) is 0. The van der Waals surface area contributed by atoms with Crippen molar-refractivity contribution < 1.29 is 4.79 Å². The average molecular weight is 465 g/mol. The lowest BCUT2D eigenvalue weighted by atomic mass is 10.1. The van der Waals surface area contributed by atoms with Crippen molar-refractivity contribution in [3.63, 3.8) is 0 Å². The molecule has 2 aromatic carbocycles. The molecule has 0 saturated heterocycles. The van der Waals surface area contributed by atoms with Crippen molar-refractivity contribution >= 4 is 61.9 Å². The summed E-state index contributed by atoms with van der Waals surface area (Å²) >= 11 is 8.50. The summed E-state index contributed by atoms with van der Waals surface area (Å²) in [5.74, 6) is -0.372. The molecule has 0 radical (unpaired) electrons. The van der Waals surface area contributed by atoms with Crippen LogP contribution in [0.5, 0.6) is 0 Å². The van der Waals surface area contributed by atoms with Crippen molar-refractivity contribution in [3.05, 3.63) is 82.1 Å². The minimum Gasteiger partial charge on any atom is -0.265 e. The third kappa shape index (κ3) is 3.98. The monoisotopic (exact) mass is 464 g/mol. The fourth-order valence-electron chi connectivity index (χ4n) is 2.93. The summed E-state index contributed by atoms with van der Waals surface area (Å²) in [6.07, 6.45) is 1.52. The molecule has 1 amide bonds. The third-order valence-electron chi connectivity index (χ3n) is 4.35. The SMILES string of the molecule is O=C1/C(=N\Nc2ncc(Cl)s2)C(c2ccccc2)=NN1c1nc(-c2ccccc2)cs1. The number of anilines is 2. The molecule has 1 aliphatic heterocycles. The zero-order chi connectivity index (χ0) is 21.2. The van der Waals surface area contributed by atoms with Crippen molar-refractivity contribution in [2.45, 2.75) is 0 Å². The minimum atomic E-state index is -0.372. The van der Waals surface area contributed by atoms with Crippen LogP contribution in [0.1, 0.15) is 5.56 Å². The topological polar surface area (TPSA) is 82.8 Å². The molecular weight excluding hydrogens is 452 g/mol. The van der Waals surface area contributed by atoms with E-state index in [-0.39, 0.29) is 11.6 Å². The molecule has 0 saturated carbocycles. The predicted octanol–water partition coefficient (Wildman–Crippen LogP) is 5.14. The largest absolute Gasteiger partial charge is 0.303 e. The van der Waals surface area contributed by atoms with Gasteiger partial charge in [-0.3, -0.25) is 10.2 Å². The van der Waals surface area contributed by atoms with E-state index in [9.17, 15) is 4.79 Å². The third-order valence-corrected chi connectivity index (χ3v) is 6.19. The molecule has 152 valence electrons. The Morgan fingerprint density at radius 2 is 1.71 bits per heavy atom. The lowest BCUT2D eigenvalue weighted by Crippen LogP contribution is -2.28. The van der Waals surface area contributed by atoms with Crippen LogP contribution >= 0.6 is 34.3 Å². The molecule has 10 heteroatoms. The van der Waals surface area contributed by atoms with Gasteiger partial charge >= 0.3 is 5.91 Å². The van der Waals surface area contributed by atoms with E-state index in [1.54, 1.807) is 0 Å². The zero-order valence-corrected chi connectivity index (χ0v) is 18.2. The van der Waals surface area contributed by atoms with Gasteiger partial charge in [-0.05, 0) is 0 Å². The highest BCUT2D eigenvalue weighted by atomic mass is 35.5. The van der Waals surface area contributed by atoms with Crippen LogP contribution in [0.3, 0.4) is 0 Å². The van der Waals surface area contributed by atoms with Crippen LogP contribution in [0.4, 0.5) is 10.3 Å². The number of hydrogen-bond donors (Lipinski definition) is 1. The Hall–Kier alpha value is -3.40. The van der Waals surface area contributed by atoms with Gasteiger partial charge in [-0.15, -0.1) is 11.3 Å². The number of rotatable bonds is 5. The van der Waals surface area contributed by atoms with Crippen molar-refractivity contribution in [2.24, 2.45) is 10.2 Å². The molecule has 0 fully saturated rings. The van der Waals surface area contributed by atoms with E-state index in [1.807, 2.05) is 66.0 Å². The first kappa shape index (κ1) is 19.6. The van der Waals surface area contributed by atoms with Crippen LogP contribution in [-0.4, -0.2) is 27.3 Å². The molecule has 0 atom stereocenters.